The summed E-state index contributed by atoms with van der Waals surface area (Å²) in [5.41, 5.74) is 2.71. The van der Waals surface area contributed by atoms with Gasteiger partial charge in [-0.25, -0.2) is 9.78 Å². The molecule has 9 nitrogen and oxygen atoms in total. The highest BCUT2D eigenvalue weighted by atomic mass is 32.1. The number of urea groups is 1. The van der Waals surface area contributed by atoms with E-state index < -0.39 is 0 Å². The number of carbonyl (C=O) groups excluding carboxylic acids is 3. The Bertz CT molecular complexity index is 1600. The number of para-hydroxylation sites is 1. The zero-order valence-corrected chi connectivity index (χ0v) is 22.3. The summed E-state index contributed by atoms with van der Waals surface area (Å²) >= 11 is 1.26. The zero-order chi connectivity index (χ0) is 27.1. The Kier molecular flexibility index (Phi) is 6.40. The fourth-order valence-corrected chi connectivity index (χ4v) is 6.35. The lowest BCUT2D eigenvalue weighted by Crippen LogP contribution is -2.37. The Hall–Kier alpha value is -4.44. The summed E-state index contributed by atoms with van der Waals surface area (Å²) in [5, 5.41) is 9.69. The van der Waals surface area contributed by atoms with Crippen LogP contribution >= 0.6 is 11.3 Å². The Morgan fingerprint density at radius 3 is 2.54 bits per heavy atom. The Morgan fingerprint density at radius 1 is 1.03 bits per heavy atom. The monoisotopic (exact) mass is 541 g/mol. The zero-order valence-electron chi connectivity index (χ0n) is 21.5. The molecule has 4 aromatic rings. The minimum Gasteiger partial charge on any atom is -0.457 e. The van der Waals surface area contributed by atoms with Crippen molar-refractivity contribution in [2.45, 2.75) is 45.2 Å². The summed E-state index contributed by atoms with van der Waals surface area (Å²) in [6, 6.07) is 16.6. The van der Waals surface area contributed by atoms with Crippen molar-refractivity contribution < 1.29 is 19.1 Å². The number of amides is 4. The van der Waals surface area contributed by atoms with Crippen LogP contribution in [0.2, 0.25) is 0 Å². The maximum absolute atomic E-state index is 13.5. The van der Waals surface area contributed by atoms with Gasteiger partial charge in [0.1, 0.15) is 21.2 Å². The van der Waals surface area contributed by atoms with Crippen molar-refractivity contribution >= 4 is 56.5 Å². The predicted molar refractivity (Wildman–Crippen MR) is 151 cm³/mol. The lowest BCUT2D eigenvalue weighted by Gasteiger charge is -2.29. The third-order valence-corrected chi connectivity index (χ3v) is 8.11. The third kappa shape index (κ3) is 4.79. The highest BCUT2D eigenvalue weighted by Gasteiger charge is 2.34. The first-order valence-electron chi connectivity index (χ1n) is 12.8. The van der Waals surface area contributed by atoms with E-state index >= 15 is 0 Å². The molecule has 2 aromatic carbocycles. The molecule has 10 heteroatoms. The average Bonchev–Trinajstić information content (AvgIpc) is 3.50. The molecule has 3 N–H and O–H groups in total. The number of rotatable bonds is 6. The van der Waals surface area contributed by atoms with E-state index in [1.807, 2.05) is 55.5 Å². The van der Waals surface area contributed by atoms with E-state index in [-0.39, 0.29) is 29.9 Å². The molecule has 0 radical (unpaired) electrons. The first kappa shape index (κ1) is 24.9. The molecule has 1 fully saturated rings. The number of carbonyl (C=O) groups is 3. The second-order valence-corrected chi connectivity index (χ2v) is 10.8. The number of anilines is 3. The van der Waals surface area contributed by atoms with Gasteiger partial charge in [0.2, 0.25) is 5.91 Å². The molecular formula is C29H27N5O4S. The number of hydrogen-bond donors (Lipinski definition) is 3. The van der Waals surface area contributed by atoms with Gasteiger partial charge in [0.15, 0.2) is 0 Å². The van der Waals surface area contributed by atoms with Crippen molar-refractivity contribution in [2.75, 3.05) is 10.2 Å². The van der Waals surface area contributed by atoms with Gasteiger partial charge in [0.25, 0.3) is 5.91 Å². The van der Waals surface area contributed by atoms with Crippen molar-refractivity contribution in [3.8, 4) is 11.5 Å². The van der Waals surface area contributed by atoms with Crippen LogP contribution in [0.4, 0.5) is 21.9 Å². The van der Waals surface area contributed by atoms with E-state index in [9.17, 15) is 14.4 Å². The number of thiophene rings is 1. The second-order valence-electron chi connectivity index (χ2n) is 9.83. The molecule has 1 aliphatic carbocycles. The van der Waals surface area contributed by atoms with Crippen molar-refractivity contribution in [2.24, 2.45) is 0 Å². The first-order chi connectivity index (χ1) is 18.9. The summed E-state index contributed by atoms with van der Waals surface area (Å²) in [4.78, 5) is 45.4. The number of benzene rings is 2. The maximum Gasteiger partial charge on any atom is 0.331 e. The van der Waals surface area contributed by atoms with Gasteiger partial charge >= 0.3 is 6.03 Å². The van der Waals surface area contributed by atoms with Gasteiger partial charge in [-0.2, -0.15) is 0 Å². The molecule has 39 heavy (non-hydrogen) atoms. The molecule has 4 amide bonds. The van der Waals surface area contributed by atoms with Crippen LogP contribution < -0.4 is 25.6 Å². The normalized spacial score (nSPS) is 18.1. The van der Waals surface area contributed by atoms with Gasteiger partial charge in [-0.3, -0.25) is 14.5 Å². The summed E-state index contributed by atoms with van der Waals surface area (Å²) < 4.78 is 5.96. The molecule has 6 rings (SSSR count). The number of hydrogen-bond acceptors (Lipinski definition) is 6. The van der Waals surface area contributed by atoms with Gasteiger partial charge in [-0.1, -0.05) is 18.2 Å². The lowest BCUT2D eigenvalue weighted by atomic mass is 10.1. The summed E-state index contributed by atoms with van der Waals surface area (Å²) in [5.74, 6) is 1.08. The quantitative estimate of drug-likeness (QED) is 0.283. The molecule has 0 bridgehead atoms. The van der Waals surface area contributed by atoms with E-state index in [1.54, 1.807) is 17.2 Å². The molecule has 2 aliphatic rings. The van der Waals surface area contributed by atoms with Crippen molar-refractivity contribution in [3.05, 3.63) is 71.2 Å². The fourth-order valence-electron chi connectivity index (χ4n) is 5.33. The standard InChI is InChI=1S/C29H27N5O4S/c1-16-14-21(38-20-6-4-3-5-7-20)10-11-22(16)34-23-12-13-30-28-24(23)25(33-29(34)37)26(39-28)27(36)32-19-9-8-18(15-19)31-17(2)35/h3-7,10-14,18-19H,8-9,15H2,1-2H3,(H,31,35)(H,32,36)(H,33,37). The minimum absolute atomic E-state index is 0.0470. The Balaban J connectivity index is 1.28. The van der Waals surface area contributed by atoms with Crippen LogP contribution in [0.15, 0.2) is 60.8 Å². The largest absolute Gasteiger partial charge is 0.457 e. The van der Waals surface area contributed by atoms with Gasteiger partial charge in [0.05, 0.1) is 22.4 Å². The SMILES string of the molecule is CC(=O)NC1CCC(NC(=O)c2sc3nccc4c3c2NC(=O)N4c2ccc(Oc3ccccc3)cc2C)C1. The highest BCUT2D eigenvalue weighted by molar-refractivity contribution is 7.21. The molecule has 2 aromatic heterocycles. The molecule has 1 aliphatic heterocycles. The first-order valence-corrected chi connectivity index (χ1v) is 13.6. The number of aryl methyl sites for hydroxylation is 1. The molecule has 1 saturated carbocycles. The van der Waals surface area contributed by atoms with Crippen molar-refractivity contribution in [1.29, 1.82) is 0 Å². The van der Waals surface area contributed by atoms with Crippen molar-refractivity contribution in [1.82, 2.24) is 15.6 Å². The number of nitrogens with zero attached hydrogens (tertiary/aromatic N) is 2. The topological polar surface area (TPSA) is 113 Å². The lowest BCUT2D eigenvalue weighted by molar-refractivity contribution is -0.119. The van der Waals surface area contributed by atoms with E-state index in [0.29, 0.717) is 38.9 Å². The van der Waals surface area contributed by atoms with E-state index in [1.165, 1.54) is 18.3 Å². The number of nitrogens with one attached hydrogen (secondary N) is 3. The number of ether oxygens (including phenoxy) is 1. The molecule has 198 valence electrons. The molecule has 3 heterocycles. The van der Waals surface area contributed by atoms with Gasteiger partial charge in [-0.15, -0.1) is 11.3 Å². The maximum atomic E-state index is 13.5. The summed E-state index contributed by atoms with van der Waals surface area (Å²) in [6.07, 6.45) is 3.93. The summed E-state index contributed by atoms with van der Waals surface area (Å²) in [7, 11) is 0. The van der Waals surface area contributed by atoms with Crippen LogP contribution in [0.1, 0.15) is 41.4 Å². The van der Waals surface area contributed by atoms with Gasteiger partial charge < -0.3 is 20.7 Å². The van der Waals surface area contributed by atoms with Gasteiger partial charge in [0, 0.05) is 25.2 Å². The van der Waals surface area contributed by atoms with E-state index in [0.717, 1.165) is 29.5 Å². The van der Waals surface area contributed by atoms with Crippen LogP contribution in [-0.4, -0.2) is 34.9 Å². The van der Waals surface area contributed by atoms with E-state index in [2.05, 4.69) is 20.9 Å². The smallest absolute Gasteiger partial charge is 0.331 e. The number of pyridine rings is 1. The molecule has 2 atom stereocenters. The van der Waals surface area contributed by atoms with Crippen LogP contribution in [0.25, 0.3) is 10.2 Å². The van der Waals surface area contributed by atoms with Gasteiger partial charge in [-0.05, 0) is 68.1 Å². The Morgan fingerprint density at radius 2 is 1.79 bits per heavy atom. The third-order valence-electron chi connectivity index (χ3n) is 7.02. The molecule has 0 saturated heterocycles. The molecule has 2 unspecified atom stereocenters. The second kappa shape index (κ2) is 10.0. The summed E-state index contributed by atoms with van der Waals surface area (Å²) in [6.45, 7) is 3.43. The van der Waals surface area contributed by atoms with Crippen molar-refractivity contribution in [3.63, 3.8) is 0 Å². The van der Waals surface area contributed by atoms with Crippen LogP contribution in [-0.2, 0) is 4.79 Å². The highest BCUT2D eigenvalue weighted by Crippen LogP contribution is 2.46. The van der Waals surface area contributed by atoms with Crippen LogP contribution in [0.3, 0.4) is 0 Å². The predicted octanol–water partition coefficient (Wildman–Crippen LogP) is 5.87. The minimum atomic E-state index is -0.353. The molecule has 0 spiro atoms. The van der Waals surface area contributed by atoms with E-state index in [4.69, 9.17) is 4.74 Å². The molecular weight excluding hydrogens is 514 g/mol. The average molecular weight is 542 g/mol. The van der Waals surface area contributed by atoms with Crippen LogP contribution in [0, 0.1) is 6.92 Å². The van der Waals surface area contributed by atoms with Crippen LogP contribution in [0.5, 0.6) is 11.5 Å². The number of aromatic nitrogens is 1. The fraction of sp³-hybridized carbons (Fsp3) is 0.241. The Labute approximate surface area is 229 Å².